The minimum Gasteiger partial charge on any atom is -0.358 e. The molecule has 0 saturated heterocycles. The summed E-state index contributed by atoms with van der Waals surface area (Å²) in [6.07, 6.45) is 5.01. The van der Waals surface area contributed by atoms with Gasteiger partial charge in [-0.15, -0.1) is 11.3 Å². The Labute approximate surface area is 121 Å². The molecule has 0 aromatic carbocycles. The lowest BCUT2D eigenvalue weighted by Gasteiger charge is -2.14. The lowest BCUT2D eigenvalue weighted by Crippen LogP contribution is -2.37. The average Bonchev–Trinajstić information content (AvgIpc) is 2.99. The molecule has 106 valence electrons. The van der Waals surface area contributed by atoms with Crippen molar-refractivity contribution in [1.29, 1.82) is 0 Å². The second-order valence-electron chi connectivity index (χ2n) is 5.02. The maximum atomic E-state index is 11.8. The summed E-state index contributed by atoms with van der Waals surface area (Å²) in [5.74, 6) is 0.777. The molecule has 6 heteroatoms. The van der Waals surface area contributed by atoms with Gasteiger partial charge in [-0.2, -0.15) is 0 Å². The van der Waals surface area contributed by atoms with Crippen LogP contribution in [-0.2, 0) is 17.6 Å². The third-order valence-corrected chi connectivity index (χ3v) is 4.80. The SMILES string of the molecule is CCNC(=O)[C@H](C)Nc1ncnc2sc3c(c12)CCC3. The lowest BCUT2D eigenvalue weighted by molar-refractivity contribution is -0.121. The summed E-state index contributed by atoms with van der Waals surface area (Å²) in [6.45, 7) is 4.41. The van der Waals surface area contributed by atoms with Crippen molar-refractivity contribution < 1.29 is 4.79 Å². The van der Waals surface area contributed by atoms with Crippen LogP contribution in [0, 0.1) is 0 Å². The first kappa shape index (κ1) is 13.3. The number of aromatic nitrogens is 2. The number of nitrogens with zero attached hydrogens (tertiary/aromatic N) is 2. The fraction of sp³-hybridized carbons (Fsp3) is 0.500. The number of likely N-dealkylation sites (N-methyl/N-ethyl adjacent to an activating group) is 1. The molecule has 5 nitrogen and oxygen atoms in total. The van der Waals surface area contributed by atoms with Gasteiger partial charge in [-0.1, -0.05) is 0 Å². The van der Waals surface area contributed by atoms with E-state index in [1.807, 2.05) is 13.8 Å². The van der Waals surface area contributed by atoms with Crippen molar-refractivity contribution in [2.45, 2.75) is 39.2 Å². The fourth-order valence-electron chi connectivity index (χ4n) is 2.64. The summed E-state index contributed by atoms with van der Waals surface area (Å²) in [4.78, 5) is 23.0. The highest BCUT2D eigenvalue weighted by Gasteiger charge is 2.22. The van der Waals surface area contributed by atoms with Crippen LogP contribution in [0.25, 0.3) is 10.2 Å². The van der Waals surface area contributed by atoms with Crippen LogP contribution in [0.4, 0.5) is 5.82 Å². The highest BCUT2D eigenvalue weighted by molar-refractivity contribution is 7.19. The molecule has 1 aliphatic carbocycles. The molecule has 0 unspecified atom stereocenters. The molecule has 0 spiro atoms. The predicted molar refractivity (Wildman–Crippen MR) is 81.2 cm³/mol. The van der Waals surface area contributed by atoms with E-state index in [0.717, 1.165) is 28.9 Å². The van der Waals surface area contributed by atoms with E-state index in [0.29, 0.717) is 6.54 Å². The van der Waals surface area contributed by atoms with E-state index in [-0.39, 0.29) is 11.9 Å². The van der Waals surface area contributed by atoms with E-state index in [9.17, 15) is 4.79 Å². The Morgan fingerprint density at radius 1 is 1.45 bits per heavy atom. The zero-order chi connectivity index (χ0) is 14.1. The molecule has 2 N–H and O–H groups in total. The Morgan fingerprint density at radius 2 is 2.30 bits per heavy atom. The number of nitrogens with one attached hydrogen (secondary N) is 2. The first-order chi connectivity index (χ1) is 9.70. The minimum atomic E-state index is -0.301. The summed E-state index contributed by atoms with van der Waals surface area (Å²) in [5, 5.41) is 7.16. The molecule has 1 atom stereocenters. The molecule has 2 aromatic heterocycles. The largest absolute Gasteiger partial charge is 0.358 e. The number of anilines is 1. The van der Waals surface area contributed by atoms with Crippen LogP contribution in [0.3, 0.4) is 0 Å². The standard InChI is InChI=1S/C14H18N4OS/c1-3-15-13(19)8(2)18-12-11-9-5-4-6-10(9)20-14(11)17-7-16-12/h7-8H,3-6H2,1-2H3,(H,15,19)(H,16,17,18)/t8-/m0/s1. The van der Waals surface area contributed by atoms with Crippen LogP contribution in [0.2, 0.25) is 0 Å². The number of hydrogen-bond acceptors (Lipinski definition) is 5. The molecule has 0 bridgehead atoms. The van der Waals surface area contributed by atoms with E-state index in [1.165, 1.54) is 16.9 Å². The fourth-order valence-corrected chi connectivity index (χ4v) is 3.86. The van der Waals surface area contributed by atoms with E-state index in [4.69, 9.17) is 0 Å². The number of carbonyl (C=O) groups is 1. The van der Waals surface area contributed by atoms with Crippen molar-refractivity contribution in [1.82, 2.24) is 15.3 Å². The third kappa shape index (κ3) is 2.24. The van der Waals surface area contributed by atoms with Crippen molar-refractivity contribution in [2.75, 3.05) is 11.9 Å². The van der Waals surface area contributed by atoms with Gasteiger partial charge in [0, 0.05) is 11.4 Å². The van der Waals surface area contributed by atoms with Crippen molar-refractivity contribution >= 4 is 33.3 Å². The highest BCUT2D eigenvalue weighted by atomic mass is 32.1. The third-order valence-electron chi connectivity index (χ3n) is 3.60. The molecule has 2 heterocycles. The van der Waals surface area contributed by atoms with Crippen LogP contribution in [-0.4, -0.2) is 28.5 Å². The Balaban J connectivity index is 1.93. The zero-order valence-electron chi connectivity index (χ0n) is 11.7. The van der Waals surface area contributed by atoms with Crippen LogP contribution in [0.15, 0.2) is 6.33 Å². The van der Waals surface area contributed by atoms with Gasteiger partial charge < -0.3 is 10.6 Å². The molecule has 0 fully saturated rings. The molecule has 3 rings (SSSR count). The molecule has 2 aromatic rings. The molecule has 0 radical (unpaired) electrons. The minimum absolute atomic E-state index is 0.00821. The van der Waals surface area contributed by atoms with E-state index < -0.39 is 0 Å². The van der Waals surface area contributed by atoms with Crippen LogP contribution >= 0.6 is 11.3 Å². The summed E-state index contributed by atoms with van der Waals surface area (Å²) >= 11 is 1.75. The smallest absolute Gasteiger partial charge is 0.242 e. The summed E-state index contributed by atoms with van der Waals surface area (Å²) in [6, 6.07) is -0.301. The summed E-state index contributed by atoms with van der Waals surface area (Å²) in [5.41, 5.74) is 1.37. The van der Waals surface area contributed by atoms with Crippen molar-refractivity contribution in [3.8, 4) is 0 Å². The predicted octanol–water partition coefficient (Wildman–Crippen LogP) is 2.12. The monoisotopic (exact) mass is 290 g/mol. The summed E-state index contributed by atoms with van der Waals surface area (Å²) < 4.78 is 0. The molecule has 20 heavy (non-hydrogen) atoms. The first-order valence-electron chi connectivity index (χ1n) is 7.00. The van der Waals surface area contributed by atoms with E-state index >= 15 is 0 Å². The molecule has 1 amide bonds. The Morgan fingerprint density at radius 3 is 3.10 bits per heavy atom. The second-order valence-corrected chi connectivity index (χ2v) is 6.10. The molecular weight excluding hydrogens is 272 g/mol. The topological polar surface area (TPSA) is 66.9 Å². The zero-order valence-corrected chi connectivity index (χ0v) is 12.5. The van der Waals surface area contributed by atoms with Gasteiger partial charge in [-0.05, 0) is 38.7 Å². The van der Waals surface area contributed by atoms with Gasteiger partial charge in [0.1, 0.15) is 23.0 Å². The molecule has 0 saturated carbocycles. The van der Waals surface area contributed by atoms with E-state index in [1.54, 1.807) is 17.7 Å². The highest BCUT2D eigenvalue weighted by Crippen LogP contribution is 2.39. The molecular formula is C14H18N4OS. The first-order valence-corrected chi connectivity index (χ1v) is 7.81. The van der Waals surface area contributed by atoms with Crippen LogP contribution < -0.4 is 10.6 Å². The maximum Gasteiger partial charge on any atom is 0.242 e. The maximum absolute atomic E-state index is 11.8. The molecule has 0 aliphatic heterocycles. The van der Waals surface area contributed by atoms with Gasteiger partial charge in [0.2, 0.25) is 5.91 Å². The number of aryl methyl sites for hydroxylation is 2. The quantitative estimate of drug-likeness (QED) is 0.905. The summed E-state index contributed by atoms with van der Waals surface area (Å²) in [7, 11) is 0. The van der Waals surface area contributed by atoms with Crippen LogP contribution in [0.5, 0.6) is 0 Å². The number of rotatable bonds is 4. The van der Waals surface area contributed by atoms with E-state index in [2.05, 4.69) is 20.6 Å². The number of thiophene rings is 1. The Kier molecular flexibility index (Phi) is 3.56. The van der Waals surface area contributed by atoms with Crippen molar-refractivity contribution in [3.63, 3.8) is 0 Å². The normalized spacial score (nSPS) is 15.1. The van der Waals surface area contributed by atoms with Crippen LogP contribution in [0.1, 0.15) is 30.7 Å². The van der Waals surface area contributed by atoms with Gasteiger partial charge in [-0.3, -0.25) is 4.79 Å². The average molecular weight is 290 g/mol. The van der Waals surface area contributed by atoms with Crippen molar-refractivity contribution in [2.24, 2.45) is 0 Å². The number of amides is 1. The van der Waals surface area contributed by atoms with Gasteiger partial charge in [0.25, 0.3) is 0 Å². The van der Waals surface area contributed by atoms with Crippen molar-refractivity contribution in [3.05, 3.63) is 16.8 Å². The number of hydrogen-bond donors (Lipinski definition) is 2. The Bertz CT molecular complexity index is 652. The van der Waals surface area contributed by atoms with Gasteiger partial charge in [0.05, 0.1) is 5.39 Å². The van der Waals surface area contributed by atoms with Gasteiger partial charge in [0.15, 0.2) is 0 Å². The lowest BCUT2D eigenvalue weighted by atomic mass is 10.2. The number of carbonyl (C=O) groups excluding carboxylic acids is 1. The van der Waals surface area contributed by atoms with Gasteiger partial charge in [-0.25, -0.2) is 9.97 Å². The molecule has 1 aliphatic rings. The second kappa shape index (κ2) is 5.36. The van der Waals surface area contributed by atoms with Gasteiger partial charge >= 0.3 is 0 Å². The number of fused-ring (bicyclic) bond motifs is 3. The Hall–Kier alpha value is -1.69.